The second-order valence-electron chi connectivity index (χ2n) is 5.37. The van der Waals surface area contributed by atoms with E-state index < -0.39 is 12.0 Å². The van der Waals surface area contributed by atoms with E-state index in [-0.39, 0.29) is 37.4 Å². The molecule has 1 atom stereocenters. The third kappa shape index (κ3) is 3.14. The SMILES string of the molecule is CN1CC(=O)N(CCCC(=O)N2CCC[C@H]2C(=O)O)C1=O. The molecule has 2 rings (SSSR count). The molecule has 0 aromatic carbocycles. The van der Waals surface area contributed by atoms with E-state index in [0.29, 0.717) is 25.8 Å². The Morgan fingerprint density at radius 1 is 1.33 bits per heavy atom. The van der Waals surface area contributed by atoms with Crippen molar-refractivity contribution in [1.82, 2.24) is 14.7 Å². The zero-order valence-electron chi connectivity index (χ0n) is 11.9. The smallest absolute Gasteiger partial charge is 0.326 e. The standard InChI is InChI=1S/C13H19N3O5/c1-14-8-11(18)16(13(14)21)7-3-5-10(17)15-6-2-4-9(15)12(19)20/h9H,2-8H2,1H3,(H,19,20)/t9-/m0/s1. The van der Waals surface area contributed by atoms with Crippen LogP contribution in [0.15, 0.2) is 0 Å². The van der Waals surface area contributed by atoms with Gasteiger partial charge in [-0.25, -0.2) is 9.59 Å². The number of carbonyl (C=O) groups excluding carboxylic acids is 3. The number of amides is 4. The molecule has 4 amide bonds. The van der Waals surface area contributed by atoms with Crippen LogP contribution in [-0.2, 0) is 14.4 Å². The fourth-order valence-corrected chi connectivity index (χ4v) is 2.74. The maximum atomic E-state index is 12.0. The molecule has 0 radical (unpaired) electrons. The minimum absolute atomic E-state index is 0.0694. The van der Waals surface area contributed by atoms with E-state index in [4.69, 9.17) is 5.11 Å². The number of carboxylic acids is 1. The lowest BCUT2D eigenvalue weighted by Crippen LogP contribution is -2.40. The molecule has 0 bridgehead atoms. The van der Waals surface area contributed by atoms with Gasteiger partial charge in [0.1, 0.15) is 12.6 Å². The van der Waals surface area contributed by atoms with Gasteiger partial charge in [0, 0.05) is 26.6 Å². The van der Waals surface area contributed by atoms with Crippen molar-refractivity contribution in [3.8, 4) is 0 Å². The maximum absolute atomic E-state index is 12.0. The summed E-state index contributed by atoms with van der Waals surface area (Å²) < 4.78 is 0. The van der Waals surface area contributed by atoms with Crippen molar-refractivity contribution in [2.45, 2.75) is 31.7 Å². The minimum Gasteiger partial charge on any atom is -0.480 e. The Labute approximate surface area is 122 Å². The molecular weight excluding hydrogens is 278 g/mol. The number of urea groups is 1. The van der Waals surface area contributed by atoms with E-state index in [2.05, 4.69) is 0 Å². The number of rotatable bonds is 5. The van der Waals surface area contributed by atoms with Crippen molar-refractivity contribution < 1.29 is 24.3 Å². The van der Waals surface area contributed by atoms with Crippen molar-refractivity contribution in [3.05, 3.63) is 0 Å². The van der Waals surface area contributed by atoms with Crippen LogP contribution in [0.2, 0.25) is 0 Å². The van der Waals surface area contributed by atoms with E-state index in [1.165, 1.54) is 9.80 Å². The summed E-state index contributed by atoms with van der Waals surface area (Å²) in [7, 11) is 1.55. The molecule has 1 N–H and O–H groups in total. The molecule has 2 aliphatic heterocycles. The molecule has 8 nitrogen and oxygen atoms in total. The first kappa shape index (κ1) is 15.3. The molecule has 0 spiro atoms. The molecule has 0 aliphatic carbocycles. The number of likely N-dealkylation sites (N-methyl/N-ethyl adjacent to an activating group) is 1. The molecule has 2 heterocycles. The van der Waals surface area contributed by atoms with Gasteiger partial charge in [0.2, 0.25) is 11.8 Å². The second kappa shape index (κ2) is 6.11. The number of likely N-dealkylation sites (tertiary alicyclic amines) is 1. The van der Waals surface area contributed by atoms with Crippen LogP contribution >= 0.6 is 0 Å². The predicted molar refractivity (Wildman–Crippen MR) is 71.3 cm³/mol. The molecule has 2 aliphatic rings. The largest absolute Gasteiger partial charge is 0.480 e. The number of aliphatic carboxylic acids is 1. The van der Waals surface area contributed by atoms with Crippen molar-refractivity contribution in [2.24, 2.45) is 0 Å². The topological polar surface area (TPSA) is 98.2 Å². The molecule has 0 aromatic heterocycles. The van der Waals surface area contributed by atoms with Crippen molar-refractivity contribution in [1.29, 1.82) is 0 Å². The Bertz CT molecular complexity index is 478. The molecule has 0 unspecified atom stereocenters. The van der Waals surface area contributed by atoms with Gasteiger partial charge in [-0.15, -0.1) is 0 Å². The highest BCUT2D eigenvalue weighted by molar-refractivity contribution is 6.01. The minimum atomic E-state index is -0.979. The third-order valence-electron chi connectivity index (χ3n) is 3.86. The third-order valence-corrected chi connectivity index (χ3v) is 3.86. The number of carboxylic acid groups (broad SMARTS) is 1. The van der Waals surface area contributed by atoms with Gasteiger partial charge in [-0.2, -0.15) is 0 Å². The molecular formula is C13H19N3O5. The average Bonchev–Trinajstić information content (AvgIpc) is 2.99. The second-order valence-corrected chi connectivity index (χ2v) is 5.37. The van der Waals surface area contributed by atoms with Crippen molar-refractivity contribution in [3.63, 3.8) is 0 Å². The van der Waals surface area contributed by atoms with E-state index in [1.807, 2.05) is 0 Å². The van der Waals surface area contributed by atoms with Crippen LogP contribution in [0.5, 0.6) is 0 Å². The molecule has 0 aromatic rings. The highest BCUT2D eigenvalue weighted by Crippen LogP contribution is 2.19. The van der Waals surface area contributed by atoms with E-state index in [9.17, 15) is 19.2 Å². The highest BCUT2D eigenvalue weighted by atomic mass is 16.4. The van der Waals surface area contributed by atoms with E-state index in [0.717, 1.165) is 4.90 Å². The van der Waals surface area contributed by atoms with Crippen LogP contribution in [0, 0.1) is 0 Å². The van der Waals surface area contributed by atoms with E-state index in [1.54, 1.807) is 7.05 Å². The van der Waals surface area contributed by atoms with Gasteiger partial charge in [0.05, 0.1) is 0 Å². The van der Waals surface area contributed by atoms with Gasteiger partial charge >= 0.3 is 12.0 Å². The van der Waals surface area contributed by atoms with Crippen LogP contribution in [-0.4, -0.2) is 76.3 Å². The molecule has 2 saturated heterocycles. The summed E-state index contributed by atoms with van der Waals surface area (Å²) in [5, 5.41) is 9.03. The maximum Gasteiger partial charge on any atom is 0.326 e. The normalized spacial score (nSPS) is 22.3. The lowest BCUT2D eigenvalue weighted by molar-refractivity contribution is -0.148. The van der Waals surface area contributed by atoms with Gasteiger partial charge < -0.3 is 14.9 Å². The van der Waals surface area contributed by atoms with Crippen LogP contribution in [0.25, 0.3) is 0 Å². The molecule has 0 saturated carbocycles. The first-order chi connectivity index (χ1) is 9.91. The predicted octanol–water partition coefficient (Wildman–Crippen LogP) is -0.264. The Kier molecular flexibility index (Phi) is 4.44. The fourth-order valence-electron chi connectivity index (χ4n) is 2.74. The fraction of sp³-hybridized carbons (Fsp3) is 0.692. The number of nitrogens with zero attached hydrogens (tertiary/aromatic N) is 3. The molecule has 116 valence electrons. The monoisotopic (exact) mass is 297 g/mol. The van der Waals surface area contributed by atoms with Gasteiger partial charge in [0.15, 0.2) is 0 Å². The van der Waals surface area contributed by atoms with E-state index >= 15 is 0 Å². The van der Waals surface area contributed by atoms with Crippen LogP contribution in [0.4, 0.5) is 4.79 Å². The quantitative estimate of drug-likeness (QED) is 0.705. The summed E-state index contributed by atoms with van der Waals surface area (Å²) in [6.07, 6.45) is 1.67. The summed E-state index contributed by atoms with van der Waals surface area (Å²) in [6, 6.07) is -1.09. The number of imide groups is 1. The van der Waals surface area contributed by atoms with Crippen molar-refractivity contribution >= 4 is 23.8 Å². The average molecular weight is 297 g/mol. The highest BCUT2D eigenvalue weighted by Gasteiger charge is 2.35. The van der Waals surface area contributed by atoms with Gasteiger partial charge in [0.25, 0.3) is 0 Å². The zero-order chi connectivity index (χ0) is 15.6. The van der Waals surface area contributed by atoms with Crippen LogP contribution in [0.3, 0.4) is 0 Å². The number of carbonyl (C=O) groups is 4. The van der Waals surface area contributed by atoms with Gasteiger partial charge in [-0.05, 0) is 19.3 Å². The van der Waals surface area contributed by atoms with Crippen molar-refractivity contribution in [2.75, 3.05) is 26.7 Å². The Morgan fingerprint density at radius 3 is 2.62 bits per heavy atom. The summed E-state index contributed by atoms with van der Waals surface area (Å²) in [5.41, 5.74) is 0. The summed E-state index contributed by atoms with van der Waals surface area (Å²) >= 11 is 0. The Morgan fingerprint density at radius 2 is 2.05 bits per heavy atom. The van der Waals surface area contributed by atoms with Gasteiger partial charge in [-0.1, -0.05) is 0 Å². The summed E-state index contributed by atoms with van der Waals surface area (Å²) in [6.45, 7) is 0.722. The Hall–Kier alpha value is -2.12. The van der Waals surface area contributed by atoms with Crippen LogP contribution < -0.4 is 0 Å². The zero-order valence-corrected chi connectivity index (χ0v) is 11.9. The lowest BCUT2D eigenvalue weighted by atomic mass is 10.2. The lowest BCUT2D eigenvalue weighted by Gasteiger charge is -2.22. The number of hydrogen-bond acceptors (Lipinski definition) is 4. The van der Waals surface area contributed by atoms with Crippen LogP contribution in [0.1, 0.15) is 25.7 Å². The summed E-state index contributed by atoms with van der Waals surface area (Å²) in [4.78, 5) is 50.1. The Balaban J connectivity index is 1.81. The molecule has 8 heteroatoms. The van der Waals surface area contributed by atoms with Gasteiger partial charge in [-0.3, -0.25) is 14.5 Å². The first-order valence-electron chi connectivity index (χ1n) is 6.99. The summed E-state index contributed by atoms with van der Waals surface area (Å²) in [5.74, 6) is -1.47. The first-order valence-corrected chi connectivity index (χ1v) is 6.99. The molecule has 21 heavy (non-hydrogen) atoms. The number of hydrogen-bond donors (Lipinski definition) is 1. The molecule has 2 fully saturated rings.